The van der Waals surface area contributed by atoms with E-state index in [2.05, 4.69) is 30.4 Å². The van der Waals surface area contributed by atoms with E-state index in [4.69, 9.17) is 16.6 Å². The molecule has 0 bridgehead atoms. The maximum Gasteiger partial charge on any atom is 0.262 e. The zero-order valence-electron chi connectivity index (χ0n) is 27.0. The highest BCUT2D eigenvalue weighted by Crippen LogP contribution is 2.33. The van der Waals surface area contributed by atoms with E-state index in [0.29, 0.717) is 55.9 Å². The van der Waals surface area contributed by atoms with Crippen LogP contribution in [0.25, 0.3) is 22.2 Å². The standard InChI is InChI=1S/C35H34ClN9O5/c36-26-17-38-35(41-31(26)25-16-37-27-4-2-1-3-22(25)27)39-20-9-10-42(18-20)19-30(47)44-13-11-43(12-14-44)21-5-6-23-24(15-21)34(50)45(33(23)49)28-7-8-29(46)40-32(28)48/h1-6,15-17,20,28,37H,7-14,18-19H2,(H,38,39,41)(H,40,46,48)/t20-,28?/m1/s1. The SMILES string of the molecule is O=C1CCC(N2C(=O)c3ccc(N4CCN(C(=O)CN5CC[C@@H](Nc6ncc(Cl)c(-c7c[nH]c8ccccc78)n6)C5)CC4)cc3C2=O)C(=O)N1. The van der Waals surface area contributed by atoms with E-state index >= 15 is 0 Å². The van der Waals surface area contributed by atoms with Crippen LogP contribution in [-0.2, 0) is 14.4 Å². The average Bonchev–Trinajstić information content (AvgIpc) is 3.82. The van der Waals surface area contributed by atoms with E-state index in [1.807, 2.05) is 35.4 Å². The highest BCUT2D eigenvalue weighted by Gasteiger charge is 2.45. The Hall–Kier alpha value is -5.34. The minimum atomic E-state index is -1.01. The summed E-state index contributed by atoms with van der Waals surface area (Å²) >= 11 is 6.51. The zero-order valence-corrected chi connectivity index (χ0v) is 27.8. The number of aromatic amines is 1. The van der Waals surface area contributed by atoms with Gasteiger partial charge in [-0.15, -0.1) is 0 Å². The van der Waals surface area contributed by atoms with Gasteiger partial charge in [0.15, 0.2) is 0 Å². The summed E-state index contributed by atoms with van der Waals surface area (Å²) in [5.41, 5.74) is 3.82. The number of hydrogen-bond acceptors (Lipinski definition) is 10. The second-order valence-electron chi connectivity index (χ2n) is 13.0. The van der Waals surface area contributed by atoms with Crippen LogP contribution in [0.15, 0.2) is 54.9 Å². The van der Waals surface area contributed by atoms with Crippen molar-refractivity contribution in [1.29, 1.82) is 0 Å². The predicted molar refractivity (Wildman–Crippen MR) is 185 cm³/mol. The third-order valence-electron chi connectivity index (χ3n) is 9.97. The van der Waals surface area contributed by atoms with E-state index in [1.54, 1.807) is 24.4 Å². The van der Waals surface area contributed by atoms with Crippen LogP contribution in [0.3, 0.4) is 0 Å². The number of piperazine rings is 1. The van der Waals surface area contributed by atoms with E-state index in [-0.39, 0.29) is 35.9 Å². The van der Waals surface area contributed by atoms with Crippen molar-refractivity contribution in [2.45, 2.75) is 31.3 Å². The molecule has 3 fully saturated rings. The lowest BCUT2D eigenvalue weighted by molar-refractivity contribution is -0.136. The summed E-state index contributed by atoms with van der Waals surface area (Å²) in [6.07, 6.45) is 4.53. The molecule has 3 saturated heterocycles. The van der Waals surface area contributed by atoms with Crippen LogP contribution < -0.4 is 15.5 Å². The predicted octanol–water partition coefficient (Wildman–Crippen LogP) is 2.51. The van der Waals surface area contributed by atoms with Crippen molar-refractivity contribution in [2.75, 3.05) is 56.0 Å². The summed E-state index contributed by atoms with van der Waals surface area (Å²) in [5.74, 6) is -1.56. The number of fused-ring (bicyclic) bond motifs is 2. The number of para-hydroxylation sites is 1. The number of anilines is 2. The van der Waals surface area contributed by atoms with E-state index in [0.717, 1.165) is 40.0 Å². The molecular formula is C35H34ClN9O5. The fraction of sp³-hybridized carbons (Fsp3) is 0.343. The highest BCUT2D eigenvalue weighted by atomic mass is 35.5. The van der Waals surface area contributed by atoms with Crippen molar-refractivity contribution in [3.63, 3.8) is 0 Å². The number of carbonyl (C=O) groups is 5. The van der Waals surface area contributed by atoms with Gasteiger partial charge in [-0.25, -0.2) is 9.97 Å². The van der Waals surface area contributed by atoms with Crippen LogP contribution in [0.5, 0.6) is 0 Å². The molecule has 2 aromatic carbocycles. The molecule has 4 aromatic rings. The van der Waals surface area contributed by atoms with E-state index < -0.39 is 29.7 Å². The molecule has 6 heterocycles. The Kier molecular flexibility index (Phi) is 8.19. The lowest BCUT2D eigenvalue weighted by Gasteiger charge is -2.37. The molecule has 0 aliphatic carbocycles. The Balaban J connectivity index is 0.844. The molecule has 0 saturated carbocycles. The van der Waals surface area contributed by atoms with Crippen molar-refractivity contribution in [3.8, 4) is 11.3 Å². The fourth-order valence-electron chi connectivity index (χ4n) is 7.33. The Morgan fingerprint density at radius 3 is 2.56 bits per heavy atom. The number of halogens is 1. The number of nitrogens with zero attached hydrogens (tertiary/aromatic N) is 6. The monoisotopic (exact) mass is 695 g/mol. The van der Waals surface area contributed by atoms with E-state index in [1.165, 1.54) is 0 Å². The van der Waals surface area contributed by atoms with Crippen molar-refractivity contribution in [2.24, 2.45) is 0 Å². The summed E-state index contributed by atoms with van der Waals surface area (Å²) in [5, 5.41) is 7.14. The summed E-state index contributed by atoms with van der Waals surface area (Å²) in [7, 11) is 0. The second kappa shape index (κ2) is 12.8. The number of nitrogens with one attached hydrogen (secondary N) is 3. The molecule has 256 valence electrons. The smallest absolute Gasteiger partial charge is 0.262 e. The van der Waals surface area contributed by atoms with Crippen molar-refractivity contribution < 1.29 is 24.0 Å². The van der Waals surface area contributed by atoms with Gasteiger partial charge >= 0.3 is 0 Å². The Morgan fingerprint density at radius 2 is 1.74 bits per heavy atom. The number of piperidine rings is 1. The lowest BCUT2D eigenvalue weighted by atomic mass is 10.0. The van der Waals surface area contributed by atoms with Gasteiger partial charge in [0.25, 0.3) is 11.8 Å². The molecule has 4 aliphatic heterocycles. The summed E-state index contributed by atoms with van der Waals surface area (Å²) in [6, 6.07) is 12.1. The van der Waals surface area contributed by atoms with Gasteiger partial charge in [0.1, 0.15) is 6.04 Å². The number of hydrogen-bond donors (Lipinski definition) is 3. The molecule has 2 atom stereocenters. The molecule has 14 nitrogen and oxygen atoms in total. The highest BCUT2D eigenvalue weighted by molar-refractivity contribution is 6.33. The van der Waals surface area contributed by atoms with E-state index in [9.17, 15) is 24.0 Å². The van der Waals surface area contributed by atoms with Gasteiger partial charge in [0.2, 0.25) is 23.7 Å². The number of likely N-dealkylation sites (tertiary alicyclic amines) is 1. The quantitative estimate of drug-likeness (QED) is 0.245. The van der Waals surface area contributed by atoms with Gasteiger partial charge in [-0.1, -0.05) is 29.8 Å². The van der Waals surface area contributed by atoms with Crippen LogP contribution >= 0.6 is 11.6 Å². The molecule has 3 N–H and O–H groups in total. The van der Waals surface area contributed by atoms with Gasteiger partial charge < -0.3 is 20.1 Å². The van der Waals surface area contributed by atoms with Gasteiger partial charge in [-0.2, -0.15) is 0 Å². The number of imide groups is 2. The zero-order chi connectivity index (χ0) is 34.5. The third-order valence-corrected chi connectivity index (χ3v) is 10.3. The molecule has 2 aromatic heterocycles. The fourth-order valence-corrected chi connectivity index (χ4v) is 7.52. The summed E-state index contributed by atoms with van der Waals surface area (Å²) < 4.78 is 0. The molecular weight excluding hydrogens is 662 g/mol. The van der Waals surface area contributed by atoms with Gasteiger partial charge in [0.05, 0.1) is 34.6 Å². The normalized spacial score (nSPS) is 21.3. The van der Waals surface area contributed by atoms with Crippen molar-refractivity contribution >= 4 is 63.7 Å². The average molecular weight is 696 g/mol. The maximum absolute atomic E-state index is 13.3. The first kappa shape index (κ1) is 31.9. The lowest BCUT2D eigenvalue weighted by Crippen LogP contribution is -2.54. The number of carbonyl (C=O) groups excluding carboxylic acids is 5. The number of H-pyrrole nitrogens is 1. The van der Waals surface area contributed by atoms with Crippen LogP contribution in [-0.4, -0.2) is 117 Å². The molecule has 0 spiro atoms. The maximum atomic E-state index is 13.3. The Morgan fingerprint density at radius 1 is 0.940 bits per heavy atom. The van der Waals surface area contributed by atoms with Gasteiger partial charge in [-0.3, -0.25) is 39.1 Å². The Bertz CT molecular complexity index is 2060. The molecule has 15 heteroatoms. The molecule has 5 amide bonds. The number of rotatable bonds is 7. The molecule has 0 radical (unpaired) electrons. The third kappa shape index (κ3) is 5.83. The number of aromatic nitrogens is 3. The first-order valence-corrected chi connectivity index (χ1v) is 17.1. The first-order chi connectivity index (χ1) is 24.2. The summed E-state index contributed by atoms with van der Waals surface area (Å²) in [4.78, 5) is 83.1. The topological polar surface area (TPSA) is 164 Å². The molecule has 50 heavy (non-hydrogen) atoms. The molecule has 1 unspecified atom stereocenters. The van der Waals surface area contributed by atoms with Crippen molar-refractivity contribution in [3.05, 3.63) is 71.0 Å². The van der Waals surface area contributed by atoms with Crippen LogP contribution in [0.2, 0.25) is 5.02 Å². The number of benzene rings is 2. The summed E-state index contributed by atoms with van der Waals surface area (Å²) in [6.45, 7) is 3.94. The van der Waals surface area contributed by atoms with Gasteiger partial charge in [0, 0.05) is 80.1 Å². The largest absolute Gasteiger partial charge is 0.368 e. The first-order valence-electron chi connectivity index (χ1n) is 16.7. The minimum absolute atomic E-state index is 0.0595. The minimum Gasteiger partial charge on any atom is -0.368 e. The van der Waals surface area contributed by atoms with Crippen LogP contribution in [0.1, 0.15) is 40.0 Å². The Labute approximate surface area is 291 Å². The molecule has 8 rings (SSSR count). The second-order valence-corrected chi connectivity index (χ2v) is 13.5. The van der Waals surface area contributed by atoms with Crippen LogP contribution in [0.4, 0.5) is 11.6 Å². The van der Waals surface area contributed by atoms with Gasteiger partial charge in [-0.05, 0) is 37.1 Å². The van der Waals surface area contributed by atoms with Crippen molar-refractivity contribution in [1.82, 2.24) is 35.0 Å². The molecule has 4 aliphatic rings. The van der Waals surface area contributed by atoms with Crippen LogP contribution in [0, 0.1) is 0 Å². The number of amides is 5.